The van der Waals surface area contributed by atoms with Gasteiger partial charge in [0.25, 0.3) is 0 Å². The van der Waals surface area contributed by atoms with Crippen LogP contribution in [0.5, 0.6) is 0 Å². The van der Waals surface area contributed by atoms with E-state index in [2.05, 4.69) is 74.7 Å². The van der Waals surface area contributed by atoms with Crippen LogP contribution in [0.3, 0.4) is 0 Å². The van der Waals surface area contributed by atoms with E-state index < -0.39 is 5.60 Å². The van der Waals surface area contributed by atoms with Crippen molar-refractivity contribution in [3.8, 4) is 0 Å². The van der Waals surface area contributed by atoms with Crippen LogP contribution in [0.2, 0.25) is 0 Å². The third-order valence-electron chi connectivity index (χ3n) is 4.37. The first-order valence-corrected chi connectivity index (χ1v) is 9.90. The van der Waals surface area contributed by atoms with Crippen LogP contribution in [0.25, 0.3) is 0 Å². The summed E-state index contributed by atoms with van der Waals surface area (Å²) in [6, 6.07) is 8.43. The molecule has 1 aromatic rings. The Kier molecular flexibility index (Phi) is 10.3. The van der Waals surface area contributed by atoms with Gasteiger partial charge >= 0.3 is 0 Å². The molecular formula is C21H38N4O. The van der Waals surface area contributed by atoms with Gasteiger partial charge in [0, 0.05) is 19.6 Å². The van der Waals surface area contributed by atoms with Crippen molar-refractivity contribution in [3.63, 3.8) is 0 Å². The monoisotopic (exact) mass is 362 g/mol. The smallest absolute Gasteiger partial charge is 0.191 e. The average molecular weight is 363 g/mol. The van der Waals surface area contributed by atoms with Crippen molar-refractivity contribution < 1.29 is 5.11 Å². The summed E-state index contributed by atoms with van der Waals surface area (Å²) in [6.45, 7) is 9.14. The number of hydrogen-bond donors (Lipinski definition) is 3. The lowest BCUT2D eigenvalue weighted by molar-refractivity contribution is 0.0257. The van der Waals surface area contributed by atoms with Crippen molar-refractivity contribution in [2.24, 2.45) is 4.99 Å². The van der Waals surface area contributed by atoms with Gasteiger partial charge in [0.05, 0.1) is 12.1 Å². The van der Waals surface area contributed by atoms with E-state index in [1.54, 1.807) is 0 Å². The Labute approximate surface area is 159 Å². The lowest BCUT2D eigenvalue weighted by atomic mass is 9.93. The van der Waals surface area contributed by atoms with Gasteiger partial charge in [0.1, 0.15) is 0 Å². The Morgan fingerprint density at radius 1 is 1.04 bits per heavy atom. The van der Waals surface area contributed by atoms with Crippen molar-refractivity contribution in [1.29, 1.82) is 0 Å². The molecule has 0 saturated heterocycles. The highest BCUT2D eigenvalue weighted by molar-refractivity contribution is 5.79. The lowest BCUT2D eigenvalue weighted by Gasteiger charge is -2.28. The first kappa shape index (κ1) is 22.5. The summed E-state index contributed by atoms with van der Waals surface area (Å²) in [7, 11) is 4.15. The fraction of sp³-hybridized carbons (Fsp3) is 0.667. The molecule has 3 N–H and O–H groups in total. The van der Waals surface area contributed by atoms with Crippen LogP contribution < -0.4 is 10.6 Å². The lowest BCUT2D eigenvalue weighted by Crippen LogP contribution is -2.47. The fourth-order valence-corrected chi connectivity index (χ4v) is 3.19. The highest BCUT2D eigenvalue weighted by Crippen LogP contribution is 2.18. The molecule has 26 heavy (non-hydrogen) atoms. The Balaban J connectivity index is 2.80. The summed E-state index contributed by atoms with van der Waals surface area (Å²) in [5.74, 6) is 0.762. The van der Waals surface area contributed by atoms with Gasteiger partial charge < -0.3 is 20.6 Å². The zero-order chi connectivity index (χ0) is 19.4. The topological polar surface area (TPSA) is 59.9 Å². The number of aliphatic imine (C=N–C) groups is 1. The van der Waals surface area contributed by atoms with Gasteiger partial charge in [-0.15, -0.1) is 0 Å². The van der Waals surface area contributed by atoms with Gasteiger partial charge in [0.15, 0.2) is 5.96 Å². The van der Waals surface area contributed by atoms with Crippen LogP contribution in [0.15, 0.2) is 29.3 Å². The molecule has 0 aliphatic rings. The minimum absolute atomic E-state index is 0.528. The summed E-state index contributed by atoms with van der Waals surface area (Å²) < 4.78 is 0. The largest absolute Gasteiger partial charge is 0.388 e. The number of benzene rings is 1. The normalized spacial score (nSPS) is 12.5. The maximum atomic E-state index is 10.8. The molecule has 0 atom stereocenters. The molecular weight excluding hydrogens is 324 g/mol. The third kappa shape index (κ3) is 8.19. The van der Waals surface area contributed by atoms with E-state index in [0.717, 1.165) is 44.7 Å². The van der Waals surface area contributed by atoms with E-state index in [1.165, 1.54) is 11.1 Å². The minimum Gasteiger partial charge on any atom is -0.388 e. The first-order valence-electron chi connectivity index (χ1n) is 9.90. The molecule has 0 heterocycles. The summed E-state index contributed by atoms with van der Waals surface area (Å²) >= 11 is 0. The van der Waals surface area contributed by atoms with Crippen LogP contribution in [0, 0.1) is 0 Å². The summed E-state index contributed by atoms with van der Waals surface area (Å²) in [4.78, 5) is 6.91. The molecule has 0 fully saturated rings. The number of nitrogens with zero attached hydrogens (tertiary/aromatic N) is 2. The quantitative estimate of drug-likeness (QED) is 0.418. The third-order valence-corrected chi connectivity index (χ3v) is 4.37. The summed E-state index contributed by atoms with van der Waals surface area (Å²) in [5.41, 5.74) is 1.86. The predicted octanol–water partition coefficient (Wildman–Crippen LogP) is 3.13. The molecule has 5 heteroatoms. The standard InChI is InChI=1S/C21H38N4O/c1-6-13-21(26,14-7-2)17-24-20(22-8-3)23-15-18-11-9-10-12-19(18)16-25(4)5/h9-12,26H,6-8,13-17H2,1-5H3,(H2,22,23,24). The van der Waals surface area contributed by atoms with E-state index in [9.17, 15) is 5.11 Å². The van der Waals surface area contributed by atoms with Crippen molar-refractivity contribution in [2.75, 3.05) is 27.2 Å². The average Bonchev–Trinajstić information content (AvgIpc) is 2.58. The number of guanidine groups is 1. The first-order chi connectivity index (χ1) is 12.4. The van der Waals surface area contributed by atoms with Crippen molar-refractivity contribution in [1.82, 2.24) is 15.5 Å². The van der Waals surface area contributed by atoms with E-state index >= 15 is 0 Å². The van der Waals surface area contributed by atoms with Gasteiger partial charge in [-0.1, -0.05) is 51.0 Å². The highest BCUT2D eigenvalue weighted by Gasteiger charge is 2.24. The van der Waals surface area contributed by atoms with E-state index in [0.29, 0.717) is 13.1 Å². The number of rotatable bonds is 11. The van der Waals surface area contributed by atoms with Gasteiger partial charge in [-0.05, 0) is 45.0 Å². The van der Waals surface area contributed by atoms with Crippen LogP contribution >= 0.6 is 0 Å². The molecule has 0 radical (unpaired) electrons. The molecule has 1 aromatic carbocycles. The molecule has 148 valence electrons. The zero-order valence-electron chi connectivity index (χ0n) is 17.3. The number of nitrogens with one attached hydrogen (secondary N) is 2. The van der Waals surface area contributed by atoms with Gasteiger partial charge in [-0.2, -0.15) is 0 Å². The van der Waals surface area contributed by atoms with E-state index in [4.69, 9.17) is 4.99 Å². The Hall–Kier alpha value is -1.59. The molecule has 0 aliphatic carbocycles. The van der Waals surface area contributed by atoms with Crippen LogP contribution in [0.4, 0.5) is 0 Å². The van der Waals surface area contributed by atoms with E-state index in [1.807, 2.05) is 0 Å². The number of hydrogen-bond acceptors (Lipinski definition) is 3. The molecule has 0 aliphatic heterocycles. The van der Waals surface area contributed by atoms with Crippen molar-refractivity contribution >= 4 is 5.96 Å². The molecule has 5 nitrogen and oxygen atoms in total. The Morgan fingerprint density at radius 3 is 2.19 bits per heavy atom. The number of aliphatic hydroxyl groups is 1. The molecule has 0 bridgehead atoms. The maximum absolute atomic E-state index is 10.8. The fourth-order valence-electron chi connectivity index (χ4n) is 3.19. The molecule has 0 saturated carbocycles. The molecule has 0 spiro atoms. The molecule has 0 aromatic heterocycles. The van der Waals surface area contributed by atoms with Gasteiger partial charge in [-0.3, -0.25) is 0 Å². The van der Waals surface area contributed by atoms with Crippen LogP contribution in [-0.4, -0.2) is 48.8 Å². The van der Waals surface area contributed by atoms with E-state index in [-0.39, 0.29) is 0 Å². The SMILES string of the molecule is CCCC(O)(CCC)CNC(=NCc1ccccc1CN(C)C)NCC. The van der Waals surface area contributed by atoms with Gasteiger partial charge in [-0.25, -0.2) is 4.99 Å². The maximum Gasteiger partial charge on any atom is 0.191 e. The van der Waals surface area contributed by atoms with Crippen molar-refractivity contribution in [2.45, 2.75) is 65.1 Å². The van der Waals surface area contributed by atoms with Gasteiger partial charge in [0.2, 0.25) is 0 Å². The Bertz CT molecular complexity index is 537. The Morgan fingerprint density at radius 2 is 1.65 bits per heavy atom. The summed E-state index contributed by atoms with van der Waals surface area (Å²) in [6.07, 6.45) is 3.56. The van der Waals surface area contributed by atoms with Crippen molar-refractivity contribution in [3.05, 3.63) is 35.4 Å². The minimum atomic E-state index is -0.664. The highest BCUT2D eigenvalue weighted by atomic mass is 16.3. The second-order valence-corrected chi connectivity index (χ2v) is 7.28. The zero-order valence-corrected chi connectivity index (χ0v) is 17.3. The predicted molar refractivity (Wildman–Crippen MR) is 111 cm³/mol. The molecule has 1 rings (SSSR count). The second kappa shape index (κ2) is 11.9. The second-order valence-electron chi connectivity index (χ2n) is 7.28. The summed E-state index contributed by atoms with van der Waals surface area (Å²) in [5, 5.41) is 17.4. The molecule has 0 unspecified atom stereocenters. The van der Waals surface area contributed by atoms with Crippen LogP contribution in [-0.2, 0) is 13.1 Å². The van der Waals surface area contributed by atoms with Crippen LogP contribution in [0.1, 0.15) is 57.6 Å². The molecule has 0 amide bonds.